The molecule has 0 aliphatic heterocycles. The highest BCUT2D eigenvalue weighted by molar-refractivity contribution is 5.86. The molecule has 1 aromatic carbocycles. The first kappa shape index (κ1) is 25.8. The lowest BCUT2D eigenvalue weighted by Crippen LogP contribution is -2.35. The van der Waals surface area contributed by atoms with Crippen molar-refractivity contribution in [1.29, 1.82) is 0 Å². The fourth-order valence-electron chi connectivity index (χ4n) is 4.81. The quantitative estimate of drug-likeness (QED) is 0.356. The third kappa shape index (κ3) is 6.39. The smallest absolute Gasteiger partial charge is 0.339 e. The van der Waals surface area contributed by atoms with E-state index in [9.17, 15) is 14.4 Å². The Hall–Kier alpha value is -2.83. The molecule has 0 atom stereocenters. The summed E-state index contributed by atoms with van der Waals surface area (Å²) in [7, 11) is 0. The van der Waals surface area contributed by atoms with Crippen LogP contribution in [0.25, 0.3) is 11.0 Å². The van der Waals surface area contributed by atoms with Gasteiger partial charge in [-0.3, -0.25) is 9.59 Å². The number of carbonyl (C=O) groups excluding carboxylic acids is 1. The van der Waals surface area contributed by atoms with Crippen molar-refractivity contribution >= 4 is 22.8 Å². The highest BCUT2D eigenvalue weighted by Crippen LogP contribution is 2.30. The standard InChI is InChI=1S/C27H37NO6/c1-4-5-6-7-8-22-17(2)21-13-14-23(18(3)25(21)34-27(22)32)33-16-24(29)28-15-19-9-11-20(12-10-19)26(30)31/h13-14,19-20H,4-12,15-16H2,1-3H3,(H,28,29)(H,30,31). The van der Waals surface area contributed by atoms with E-state index in [4.69, 9.17) is 14.3 Å². The fourth-order valence-corrected chi connectivity index (χ4v) is 4.81. The third-order valence-corrected chi connectivity index (χ3v) is 7.08. The van der Waals surface area contributed by atoms with Crippen LogP contribution in [0.1, 0.15) is 75.0 Å². The van der Waals surface area contributed by atoms with Gasteiger partial charge in [-0.05, 0) is 76.0 Å². The van der Waals surface area contributed by atoms with Crippen LogP contribution in [0.15, 0.2) is 21.3 Å². The molecule has 3 rings (SSSR count). The monoisotopic (exact) mass is 471 g/mol. The zero-order valence-corrected chi connectivity index (χ0v) is 20.6. The molecule has 186 valence electrons. The minimum Gasteiger partial charge on any atom is -0.483 e. The predicted molar refractivity (Wildman–Crippen MR) is 131 cm³/mol. The van der Waals surface area contributed by atoms with Gasteiger partial charge in [0.2, 0.25) is 0 Å². The molecule has 1 aliphatic carbocycles. The highest BCUT2D eigenvalue weighted by atomic mass is 16.5. The minimum atomic E-state index is -0.726. The van der Waals surface area contributed by atoms with E-state index in [2.05, 4.69) is 12.2 Å². The highest BCUT2D eigenvalue weighted by Gasteiger charge is 2.26. The van der Waals surface area contributed by atoms with Crippen LogP contribution < -0.4 is 15.7 Å². The van der Waals surface area contributed by atoms with E-state index in [0.717, 1.165) is 61.5 Å². The number of amides is 1. The van der Waals surface area contributed by atoms with E-state index >= 15 is 0 Å². The Morgan fingerprint density at radius 1 is 1.09 bits per heavy atom. The molecular weight excluding hydrogens is 434 g/mol. The molecular formula is C27H37NO6. The van der Waals surface area contributed by atoms with Crippen molar-refractivity contribution in [2.45, 2.75) is 78.6 Å². The number of hydrogen-bond acceptors (Lipinski definition) is 5. The van der Waals surface area contributed by atoms with Gasteiger partial charge < -0.3 is 19.6 Å². The van der Waals surface area contributed by atoms with Gasteiger partial charge in [0, 0.05) is 23.1 Å². The number of fused-ring (bicyclic) bond motifs is 1. The molecule has 1 aromatic heterocycles. The summed E-state index contributed by atoms with van der Waals surface area (Å²) in [5.41, 5.74) is 2.61. The van der Waals surface area contributed by atoms with Crippen molar-refractivity contribution in [2.75, 3.05) is 13.2 Å². The largest absolute Gasteiger partial charge is 0.483 e. The molecule has 1 amide bonds. The summed E-state index contributed by atoms with van der Waals surface area (Å²) < 4.78 is 11.4. The van der Waals surface area contributed by atoms with Gasteiger partial charge in [0.05, 0.1) is 5.92 Å². The molecule has 2 N–H and O–H groups in total. The lowest BCUT2D eigenvalue weighted by molar-refractivity contribution is -0.143. The van der Waals surface area contributed by atoms with E-state index in [1.54, 1.807) is 0 Å². The molecule has 0 radical (unpaired) electrons. The maximum absolute atomic E-state index is 12.6. The number of rotatable bonds is 11. The van der Waals surface area contributed by atoms with Crippen LogP contribution in [0.4, 0.5) is 0 Å². The number of aryl methyl sites for hydroxylation is 2. The Balaban J connectivity index is 1.57. The van der Waals surface area contributed by atoms with E-state index in [0.29, 0.717) is 42.2 Å². The van der Waals surface area contributed by atoms with Crippen molar-refractivity contribution in [3.63, 3.8) is 0 Å². The van der Waals surface area contributed by atoms with Crippen LogP contribution in [-0.4, -0.2) is 30.1 Å². The van der Waals surface area contributed by atoms with Gasteiger partial charge in [-0.25, -0.2) is 4.79 Å². The van der Waals surface area contributed by atoms with Crippen LogP contribution >= 0.6 is 0 Å². The van der Waals surface area contributed by atoms with Crippen molar-refractivity contribution < 1.29 is 23.8 Å². The van der Waals surface area contributed by atoms with Crippen molar-refractivity contribution in [3.05, 3.63) is 39.2 Å². The second kappa shape index (κ2) is 12.0. The zero-order chi connectivity index (χ0) is 24.7. The predicted octanol–water partition coefficient (Wildman–Crippen LogP) is 4.92. The van der Waals surface area contributed by atoms with E-state index < -0.39 is 5.97 Å². The number of ether oxygens (including phenoxy) is 1. The van der Waals surface area contributed by atoms with Crippen molar-refractivity contribution in [3.8, 4) is 5.75 Å². The number of benzene rings is 1. The molecule has 7 nitrogen and oxygen atoms in total. The summed E-state index contributed by atoms with van der Waals surface area (Å²) >= 11 is 0. The SMILES string of the molecule is CCCCCCc1c(C)c2ccc(OCC(=O)NCC3CCC(C(=O)O)CC3)c(C)c2oc1=O. The number of carbonyl (C=O) groups is 2. The molecule has 7 heteroatoms. The molecule has 1 heterocycles. The van der Waals surface area contributed by atoms with Gasteiger partial charge in [0.1, 0.15) is 11.3 Å². The normalized spacial score (nSPS) is 18.1. The number of carboxylic acid groups (broad SMARTS) is 1. The molecule has 1 aliphatic rings. The average Bonchev–Trinajstić information content (AvgIpc) is 2.82. The third-order valence-electron chi connectivity index (χ3n) is 7.08. The molecule has 34 heavy (non-hydrogen) atoms. The van der Waals surface area contributed by atoms with Crippen LogP contribution in [0.5, 0.6) is 5.75 Å². The average molecular weight is 472 g/mol. The number of aliphatic carboxylic acids is 1. The molecule has 0 spiro atoms. The summed E-state index contributed by atoms with van der Waals surface area (Å²) in [6.45, 7) is 6.36. The number of hydrogen-bond donors (Lipinski definition) is 2. The van der Waals surface area contributed by atoms with Gasteiger partial charge >= 0.3 is 11.6 Å². The first-order chi connectivity index (χ1) is 16.3. The Kier molecular flexibility index (Phi) is 9.13. The van der Waals surface area contributed by atoms with Crippen LogP contribution in [0, 0.1) is 25.7 Å². The minimum absolute atomic E-state index is 0.129. The summed E-state index contributed by atoms with van der Waals surface area (Å²) in [5.74, 6) is -0.388. The van der Waals surface area contributed by atoms with Gasteiger partial charge in [0.25, 0.3) is 5.91 Å². The second-order valence-corrected chi connectivity index (χ2v) is 9.52. The van der Waals surface area contributed by atoms with Crippen LogP contribution in [0.2, 0.25) is 0 Å². The Morgan fingerprint density at radius 3 is 2.50 bits per heavy atom. The Bertz CT molecular complexity index is 1060. The molecule has 0 unspecified atom stereocenters. The molecule has 1 saturated carbocycles. The van der Waals surface area contributed by atoms with Gasteiger partial charge in [-0.2, -0.15) is 0 Å². The summed E-state index contributed by atoms with van der Waals surface area (Å²) in [4.78, 5) is 36.0. The van der Waals surface area contributed by atoms with E-state index in [1.165, 1.54) is 0 Å². The van der Waals surface area contributed by atoms with Crippen LogP contribution in [0.3, 0.4) is 0 Å². The van der Waals surface area contributed by atoms with E-state index in [-0.39, 0.29) is 24.1 Å². The maximum atomic E-state index is 12.6. The maximum Gasteiger partial charge on any atom is 0.339 e. The Labute approximate surface area is 200 Å². The summed E-state index contributed by atoms with van der Waals surface area (Å²) in [6, 6.07) is 3.72. The first-order valence-electron chi connectivity index (χ1n) is 12.5. The van der Waals surface area contributed by atoms with Crippen molar-refractivity contribution in [2.24, 2.45) is 11.8 Å². The van der Waals surface area contributed by atoms with Crippen LogP contribution in [-0.2, 0) is 16.0 Å². The van der Waals surface area contributed by atoms with E-state index in [1.807, 2.05) is 26.0 Å². The summed E-state index contributed by atoms with van der Waals surface area (Å²) in [5, 5.41) is 12.9. The summed E-state index contributed by atoms with van der Waals surface area (Å²) in [6.07, 6.45) is 8.05. The number of carboxylic acids is 1. The number of nitrogens with one attached hydrogen (secondary N) is 1. The first-order valence-corrected chi connectivity index (χ1v) is 12.5. The zero-order valence-electron chi connectivity index (χ0n) is 20.6. The van der Waals surface area contributed by atoms with Crippen molar-refractivity contribution in [1.82, 2.24) is 5.32 Å². The molecule has 1 fully saturated rings. The lowest BCUT2D eigenvalue weighted by atomic mass is 9.82. The Morgan fingerprint density at radius 2 is 1.82 bits per heavy atom. The van der Waals surface area contributed by atoms with Gasteiger partial charge in [0.15, 0.2) is 6.61 Å². The topological polar surface area (TPSA) is 106 Å². The van der Waals surface area contributed by atoms with Gasteiger partial charge in [-0.15, -0.1) is 0 Å². The fraction of sp³-hybridized carbons (Fsp3) is 0.593. The molecule has 2 aromatic rings. The second-order valence-electron chi connectivity index (χ2n) is 9.52. The van der Waals surface area contributed by atoms with Gasteiger partial charge in [-0.1, -0.05) is 26.2 Å². The molecule has 0 bridgehead atoms. The number of unbranched alkanes of at least 4 members (excludes halogenated alkanes) is 3. The molecule has 0 saturated heterocycles. The lowest BCUT2D eigenvalue weighted by Gasteiger charge is -2.26.